The van der Waals surface area contributed by atoms with Crippen molar-refractivity contribution in [2.45, 2.75) is 31.0 Å². The molecule has 1 fully saturated rings. The number of carbonyl (C=O) groups is 3. The molecule has 0 spiro atoms. The Morgan fingerprint density at radius 3 is 2.47 bits per heavy atom. The zero-order chi connectivity index (χ0) is 23.7. The van der Waals surface area contributed by atoms with Gasteiger partial charge in [-0.1, -0.05) is 0 Å². The molecule has 32 heavy (non-hydrogen) atoms. The summed E-state index contributed by atoms with van der Waals surface area (Å²) in [6.07, 6.45) is -0.748. The van der Waals surface area contributed by atoms with Gasteiger partial charge >= 0.3 is 0 Å². The van der Waals surface area contributed by atoms with Crippen molar-refractivity contribution in [3.63, 3.8) is 0 Å². The van der Waals surface area contributed by atoms with Crippen LogP contribution in [0.1, 0.15) is 28.8 Å². The van der Waals surface area contributed by atoms with E-state index in [4.69, 9.17) is 5.73 Å². The third-order valence-corrected chi connectivity index (χ3v) is 7.16. The second kappa shape index (κ2) is 7.02. The van der Waals surface area contributed by atoms with Gasteiger partial charge in [0.1, 0.15) is 17.4 Å². The number of carbonyl (C=O) groups excluding carboxylic acids is 3. The summed E-state index contributed by atoms with van der Waals surface area (Å²) in [5, 5.41) is 42.6. The van der Waals surface area contributed by atoms with Crippen LogP contribution < -0.4 is 10.5 Å². The predicted molar refractivity (Wildman–Crippen MR) is 109 cm³/mol. The summed E-state index contributed by atoms with van der Waals surface area (Å²) in [7, 11) is -3.70. The maximum absolute atomic E-state index is 13.3. The number of aliphatic hydroxyl groups is 3. The minimum atomic E-state index is -3.70. The van der Waals surface area contributed by atoms with Gasteiger partial charge in [-0.2, -0.15) is 0 Å². The summed E-state index contributed by atoms with van der Waals surface area (Å²) in [5.41, 5.74) is 2.36. The number of fused-ring (bicyclic) bond motifs is 3. The van der Waals surface area contributed by atoms with Crippen LogP contribution in [0.4, 0.5) is 5.69 Å². The van der Waals surface area contributed by atoms with E-state index in [9.17, 15) is 43.2 Å². The number of benzene rings is 1. The van der Waals surface area contributed by atoms with Crippen LogP contribution in [-0.2, 0) is 26.0 Å². The van der Waals surface area contributed by atoms with Crippen molar-refractivity contribution in [3.05, 3.63) is 34.6 Å². The van der Waals surface area contributed by atoms with Crippen LogP contribution in [0, 0.1) is 17.8 Å². The van der Waals surface area contributed by atoms with Crippen molar-refractivity contribution in [2.24, 2.45) is 23.5 Å². The smallest absolute Gasteiger partial charge is 0.230 e. The first kappa shape index (κ1) is 22.2. The number of aliphatic hydroxyl groups excluding tert-OH is 2. The number of hydrogen-bond acceptors (Lipinski definition) is 9. The number of amides is 1. The standard InChI is InChI=1S/C20H22N2O9S/c1-32(30,31)22-10-2-3-11(23)14-9(10)5-7-4-8-6-12(24)15(19(21)28)18(27)20(8,29)17(26)13(7)16(14)25/h2-3,7-8,12,15,22-24,26,29H,4-6H2,1H3,(H2,21,28)/t7-,8+,12?,15?,20+/m1/s1. The zero-order valence-corrected chi connectivity index (χ0v) is 17.7. The summed E-state index contributed by atoms with van der Waals surface area (Å²) < 4.78 is 25.8. The molecular weight excluding hydrogens is 444 g/mol. The van der Waals surface area contributed by atoms with E-state index in [2.05, 4.69) is 4.72 Å². The first-order valence-electron chi connectivity index (χ1n) is 9.82. The van der Waals surface area contributed by atoms with E-state index < -0.39 is 68.5 Å². The highest BCUT2D eigenvalue weighted by atomic mass is 32.2. The number of nitrogens with one attached hydrogen (secondary N) is 1. The second-order valence-electron chi connectivity index (χ2n) is 8.60. The molecule has 1 aromatic rings. The van der Waals surface area contributed by atoms with Crippen LogP contribution in [0.3, 0.4) is 0 Å². The fourth-order valence-corrected chi connectivity index (χ4v) is 5.81. The number of anilines is 1. The van der Waals surface area contributed by atoms with Crippen molar-refractivity contribution in [1.29, 1.82) is 0 Å². The van der Waals surface area contributed by atoms with Crippen molar-refractivity contribution in [1.82, 2.24) is 0 Å². The average molecular weight is 466 g/mol. The summed E-state index contributed by atoms with van der Waals surface area (Å²) in [6.45, 7) is 0. The Labute approximate surface area is 182 Å². The van der Waals surface area contributed by atoms with Gasteiger partial charge in [0.25, 0.3) is 0 Å². The monoisotopic (exact) mass is 466 g/mol. The van der Waals surface area contributed by atoms with Gasteiger partial charge in [0.05, 0.1) is 23.6 Å². The highest BCUT2D eigenvalue weighted by molar-refractivity contribution is 7.92. The SMILES string of the molecule is CS(=O)(=O)Nc1ccc(O)c2c1C[C@H]1C[C@H]3CC(O)C(C(N)=O)C(=O)[C@@]3(O)C(O)=C1C2=O. The Morgan fingerprint density at radius 1 is 1.22 bits per heavy atom. The quantitative estimate of drug-likeness (QED) is 0.241. The molecule has 3 aliphatic rings. The van der Waals surface area contributed by atoms with Gasteiger partial charge < -0.3 is 26.2 Å². The number of Topliss-reactive ketones (excluding diaryl/α,β-unsaturated/α-hetero) is 2. The molecule has 1 aromatic carbocycles. The molecule has 172 valence electrons. The third kappa shape index (κ3) is 3.09. The molecule has 0 aromatic heterocycles. The zero-order valence-electron chi connectivity index (χ0n) is 16.9. The van der Waals surface area contributed by atoms with Crippen LogP contribution in [0.15, 0.2) is 23.5 Å². The van der Waals surface area contributed by atoms with Crippen molar-refractivity contribution in [2.75, 3.05) is 11.0 Å². The maximum atomic E-state index is 13.3. The van der Waals surface area contributed by atoms with Crippen LogP contribution in [-0.4, -0.2) is 64.3 Å². The molecule has 2 unspecified atom stereocenters. The molecule has 1 amide bonds. The lowest BCUT2D eigenvalue weighted by Gasteiger charge is -2.48. The molecular formula is C20H22N2O9S. The molecule has 0 heterocycles. The number of hydrogen-bond donors (Lipinski definition) is 6. The van der Waals surface area contributed by atoms with Crippen molar-refractivity contribution in [3.8, 4) is 5.75 Å². The molecule has 4 rings (SSSR count). The van der Waals surface area contributed by atoms with Gasteiger partial charge in [0, 0.05) is 11.5 Å². The van der Waals surface area contributed by atoms with Crippen LogP contribution >= 0.6 is 0 Å². The first-order valence-corrected chi connectivity index (χ1v) is 11.7. The Balaban J connectivity index is 1.88. The van der Waals surface area contributed by atoms with Crippen molar-refractivity contribution < 1.29 is 43.2 Å². The molecule has 0 radical (unpaired) electrons. The van der Waals surface area contributed by atoms with E-state index in [1.165, 1.54) is 6.07 Å². The maximum Gasteiger partial charge on any atom is 0.230 e. The molecule has 0 saturated heterocycles. The summed E-state index contributed by atoms with van der Waals surface area (Å²) >= 11 is 0. The number of phenols is 1. The largest absolute Gasteiger partial charge is 0.508 e. The lowest BCUT2D eigenvalue weighted by atomic mass is 9.58. The molecule has 7 N–H and O–H groups in total. The Bertz CT molecular complexity index is 1210. The van der Waals surface area contributed by atoms with Crippen LogP contribution in [0.25, 0.3) is 0 Å². The number of rotatable bonds is 3. The number of ketones is 2. The second-order valence-corrected chi connectivity index (χ2v) is 10.3. The fourth-order valence-electron chi connectivity index (χ4n) is 5.22. The molecule has 3 aliphatic carbocycles. The van der Waals surface area contributed by atoms with Crippen LogP contribution in [0.2, 0.25) is 0 Å². The molecule has 11 nitrogen and oxygen atoms in total. The molecule has 5 atom stereocenters. The molecule has 1 saturated carbocycles. The fraction of sp³-hybridized carbons (Fsp3) is 0.450. The van der Waals surface area contributed by atoms with Crippen LogP contribution in [0.5, 0.6) is 5.75 Å². The lowest BCUT2D eigenvalue weighted by molar-refractivity contribution is -0.167. The van der Waals surface area contributed by atoms with Gasteiger partial charge in [-0.05, 0) is 42.9 Å². The van der Waals surface area contributed by atoms with Gasteiger partial charge in [-0.15, -0.1) is 0 Å². The van der Waals surface area contributed by atoms with E-state index in [0.29, 0.717) is 0 Å². The van der Waals surface area contributed by atoms with Gasteiger partial charge in [-0.3, -0.25) is 19.1 Å². The number of allylic oxidation sites excluding steroid dienone is 1. The minimum absolute atomic E-state index is 0.0106. The highest BCUT2D eigenvalue weighted by Crippen LogP contribution is 2.52. The number of nitrogens with two attached hydrogens (primary N) is 1. The van der Waals surface area contributed by atoms with E-state index in [-0.39, 0.29) is 41.6 Å². The van der Waals surface area contributed by atoms with Gasteiger partial charge in [-0.25, -0.2) is 8.42 Å². The lowest BCUT2D eigenvalue weighted by Crippen LogP contribution is -2.63. The van der Waals surface area contributed by atoms with Crippen molar-refractivity contribution >= 4 is 33.2 Å². The summed E-state index contributed by atoms with van der Waals surface area (Å²) in [4.78, 5) is 37.9. The van der Waals surface area contributed by atoms with E-state index in [0.717, 1.165) is 12.3 Å². The average Bonchev–Trinajstić information content (AvgIpc) is 2.65. The Hall–Kier alpha value is -2.96. The topological polar surface area (TPSA) is 204 Å². The molecule has 0 aliphatic heterocycles. The number of phenolic OH excluding ortho intramolecular Hbond substituents is 1. The molecule has 12 heteroatoms. The van der Waals surface area contributed by atoms with E-state index in [1.807, 2.05) is 0 Å². The molecule has 0 bridgehead atoms. The summed E-state index contributed by atoms with van der Waals surface area (Å²) in [5.74, 6) is -8.10. The first-order chi connectivity index (χ1) is 14.8. The number of aromatic hydroxyl groups is 1. The van der Waals surface area contributed by atoms with E-state index >= 15 is 0 Å². The number of sulfonamides is 1. The summed E-state index contributed by atoms with van der Waals surface area (Å²) in [6, 6.07) is 2.43. The third-order valence-electron chi connectivity index (χ3n) is 6.57. The Morgan fingerprint density at radius 2 is 1.88 bits per heavy atom. The van der Waals surface area contributed by atoms with Gasteiger partial charge in [0.15, 0.2) is 17.2 Å². The highest BCUT2D eigenvalue weighted by Gasteiger charge is 2.62. The predicted octanol–water partition coefficient (Wildman–Crippen LogP) is -0.883. The van der Waals surface area contributed by atoms with E-state index in [1.54, 1.807) is 0 Å². The minimum Gasteiger partial charge on any atom is -0.508 e. The van der Waals surface area contributed by atoms with Gasteiger partial charge in [0.2, 0.25) is 15.9 Å². The Kier molecular flexibility index (Phi) is 4.88. The normalized spacial score (nSPS) is 32.1. The number of primary amides is 1.